The quantitative estimate of drug-likeness (QED) is 0.821. The molecule has 1 aromatic rings. The highest BCUT2D eigenvalue weighted by atomic mass is 32.2. The van der Waals surface area contributed by atoms with Gasteiger partial charge in [-0.1, -0.05) is 25.1 Å². The molecule has 0 radical (unpaired) electrons. The lowest BCUT2D eigenvalue weighted by molar-refractivity contribution is 0.0988. The van der Waals surface area contributed by atoms with Crippen LogP contribution in [-0.2, 0) is 16.5 Å². The largest absolute Gasteiger partial charge is 0.744 e. The number of Topliss-reactive ketones (excluding diaryl/α,β-unsaturated/α-hetero) is 1. The summed E-state index contributed by atoms with van der Waals surface area (Å²) in [6.07, 6.45) is 1.15. The highest BCUT2D eigenvalue weighted by Crippen LogP contribution is 2.26. The molecule has 0 unspecified atom stereocenters. The molecule has 1 aliphatic carbocycles. The lowest BCUT2D eigenvalue weighted by atomic mass is 9.89. The predicted molar refractivity (Wildman–Crippen MR) is 68.2 cm³/mol. The van der Waals surface area contributed by atoms with Crippen molar-refractivity contribution in [3.63, 3.8) is 0 Å². The molecule has 6 nitrogen and oxygen atoms in total. The lowest BCUT2D eigenvalue weighted by Crippen LogP contribution is -2.23. The molecule has 0 heterocycles. The maximum Gasteiger partial charge on any atom is 0.204 e. The van der Waals surface area contributed by atoms with Crippen LogP contribution >= 0.6 is 0 Å². The van der Waals surface area contributed by atoms with Gasteiger partial charge in [0.2, 0.25) is 5.78 Å². The van der Waals surface area contributed by atoms with Crippen LogP contribution in [0.1, 0.15) is 33.2 Å². The molecule has 0 aromatic heterocycles. The van der Waals surface area contributed by atoms with E-state index in [1.807, 2.05) is 6.92 Å². The second kappa shape index (κ2) is 5.04. The summed E-state index contributed by atoms with van der Waals surface area (Å²) < 4.78 is 32.7. The van der Waals surface area contributed by atoms with Gasteiger partial charge in [-0.25, -0.2) is 8.42 Å². The minimum atomic E-state index is -4.93. The molecular weight excluding hydrogens is 270 g/mol. The summed E-state index contributed by atoms with van der Waals surface area (Å²) in [6, 6.07) is 4.60. The van der Waals surface area contributed by atoms with E-state index < -0.39 is 26.6 Å². The second-order valence-electron chi connectivity index (χ2n) is 3.85. The number of hydrogen-bond donors (Lipinski definition) is 1. The number of fused-ring (bicyclic) bond motifs is 1. The van der Waals surface area contributed by atoms with Crippen molar-refractivity contribution in [2.45, 2.75) is 13.3 Å². The highest BCUT2D eigenvalue weighted by Gasteiger charge is 2.30. The Balaban J connectivity index is 0.00000180. The summed E-state index contributed by atoms with van der Waals surface area (Å²) in [6.45, 7) is 1.82. The van der Waals surface area contributed by atoms with Gasteiger partial charge in [0.05, 0.1) is 0 Å². The first kappa shape index (κ1) is 15.2. The van der Waals surface area contributed by atoms with Gasteiger partial charge in [-0.3, -0.25) is 9.59 Å². The fraction of sp³-hybridized carbons (Fsp3) is 0.167. The molecule has 7 heteroatoms. The highest BCUT2D eigenvalue weighted by molar-refractivity contribution is 7.90. The molecule has 0 amide bonds. The Labute approximate surface area is 110 Å². The third kappa shape index (κ3) is 2.48. The molecule has 102 valence electrons. The van der Waals surface area contributed by atoms with Crippen LogP contribution < -0.4 is 6.15 Å². The van der Waals surface area contributed by atoms with E-state index in [0.29, 0.717) is 18.1 Å². The molecular formula is C12H13NO5S. The first-order valence-electron chi connectivity index (χ1n) is 5.24. The molecule has 0 fully saturated rings. The maximum atomic E-state index is 11.9. The van der Waals surface area contributed by atoms with Crippen LogP contribution in [-0.4, -0.2) is 24.5 Å². The molecule has 0 aliphatic heterocycles. The van der Waals surface area contributed by atoms with Crippen molar-refractivity contribution < 1.29 is 22.6 Å². The Morgan fingerprint density at radius 1 is 1.21 bits per heavy atom. The minimum Gasteiger partial charge on any atom is -0.744 e. The van der Waals surface area contributed by atoms with Crippen molar-refractivity contribution in [3.05, 3.63) is 45.9 Å². The van der Waals surface area contributed by atoms with E-state index in [9.17, 15) is 22.6 Å². The summed E-state index contributed by atoms with van der Waals surface area (Å²) in [4.78, 5) is 22.7. The second-order valence-corrected chi connectivity index (χ2v) is 5.20. The van der Waals surface area contributed by atoms with Gasteiger partial charge in [0.1, 0.15) is 15.0 Å². The van der Waals surface area contributed by atoms with Gasteiger partial charge in [-0.15, -0.1) is 0 Å². The van der Waals surface area contributed by atoms with E-state index in [2.05, 4.69) is 0 Å². The van der Waals surface area contributed by atoms with Crippen LogP contribution in [0.15, 0.2) is 29.2 Å². The van der Waals surface area contributed by atoms with Crippen LogP contribution in [0, 0.1) is 0 Å². The van der Waals surface area contributed by atoms with Crippen molar-refractivity contribution in [3.8, 4) is 0 Å². The van der Waals surface area contributed by atoms with Crippen molar-refractivity contribution in [1.29, 1.82) is 0 Å². The number of hydrogen-bond acceptors (Lipinski definition) is 5. The predicted octanol–water partition coefficient (Wildman–Crippen LogP) is 1.43. The van der Waals surface area contributed by atoms with E-state index in [-0.39, 0.29) is 17.3 Å². The number of rotatable bonds is 2. The number of quaternary nitrogens is 1. The third-order valence-electron chi connectivity index (χ3n) is 2.78. The first-order valence-corrected chi connectivity index (χ1v) is 6.65. The van der Waals surface area contributed by atoms with Crippen molar-refractivity contribution in [2.75, 3.05) is 0 Å². The van der Waals surface area contributed by atoms with Gasteiger partial charge in [-0.2, -0.15) is 0 Å². The normalized spacial score (nSPS) is 14.5. The Bertz CT molecular complexity index is 688. The summed E-state index contributed by atoms with van der Waals surface area (Å²) in [5.41, 5.74) is 0.832. The molecule has 4 N–H and O–H groups in total. The van der Waals surface area contributed by atoms with Crippen molar-refractivity contribution in [2.24, 2.45) is 0 Å². The number of carbonyl (C=O) groups excluding carboxylic acids is 2. The molecule has 1 aromatic carbocycles. The van der Waals surface area contributed by atoms with Crippen LogP contribution in [0.4, 0.5) is 0 Å². The van der Waals surface area contributed by atoms with Gasteiger partial charge < -0.3 is 10.7 Å². The van der Waals surface area contributed by atoms with Crippen LogP contribution in [0.2, 0.25) is 0 Å². The molecule has 1 aliphatic rings. The van der Waals surface area contributed by atoms with Crippen LogP contribution in [0.5, 0.6) is 0 Å². The Morgan fingerprint density at radius 3 is 2.37 bits per heavy atom. The zero-order valence-corrected chi connectivity index (χ0v) is 11.3. The molecule has 2 rings (SSSR count). The summed E-state index contributed by atoms with van der Waals surface area (Å²) in [7, 11) is -4.93. The molecule has 0 atom stereocenters. The number of allylic oxidation sites excluding steroid dienone is 2. The standard InChI is InChI=1S/C12H10O5S.H3N/c1-2-7-4-3-5-8-11(7)9(13)6-10(12(8)14)18(15,16)17;/h3-6H,2H2,1H3,(H,15,16,17);1H3. The Morgan fingerprint density at radius 2 is 1.84 bits per heavy atom. The van der Waals surface area contributed by atoms with Gasteiger partial charge >= 0.3 is 0 Å². The number of aryl methyl sites for hydroxylation is 1. The topological polar surface area (TPSA) is 128 Å². The molecule has 0 bridgehead atoms. The first-order chi connectivity index (χ1) is 8.36. The Hall–Kier alpha value is -1.83. The van der Waals surface area contributed by atoms with Crippen LogP contribution in [0.3, 0.4) is 0 Å². The van der Waals surface area contributed by atoms with E-state index in [0.717, 1.165) is 0 Å². The average molecular weight is 283 g/mol. The van der Waals surface area contributed by atoms with Crippen molar-refractivity contribution in [1.82, 2.24) is 6.15 Å². The van der Waals surface area contributed by atoms with E-state index in [1.165, 1.54) is 6.07 Å². The number of carbonyl (C=O) groups is 2. The maximum absolute atomic E-state index is 11.9. The smallest absolute Gasteiger partial charge is 0.204 e. The fourth-order valence-electron chi connectivity index (χ4n) is 1.95. The van der Waals surface area contributed by atoms with E-state index in [4.69, 9.17) is 0 Å². The zero-order valence-electron chi connectivity index (χ0n) is 10.5. The summed E-state index contributed by atoms with van der Waals surface area (Å²) >= 11 is 0. The van der Waals surface area contributed by atoms with Gasteiger partial charge in [0.25, 0.3) is 0 Å². The molecule has 0 spiro atoms. The zero-order chi connectivity index (χ0) is 13.5. The Kier molecular flexibility index (Phi) is 4.04. The number of benzene rings is 1. The van der Waals surface area contributed by atoms with E-state index in [1.54, 1.807) is 12.1 Å². The minimum absolute atomic E-state index is 0. The summed E-state index contributed by atoms with van der Waals surface area (Å²) in [5, 5.41) is 0. The monoisotopic (exact) mass is 283 g/mol. The molecule has 0 saturated carbocycles. The lowest BCUT2D eigenvalue weighted by Gasteiger charge is -2.19. The van der Waals surface area contributed by atoms with Gasteiger partial charge in [0, 0.05) is 17.2 Å². The van der Waals surface area contributed by atoms with Gasteiger partial charge in [-0.05, 0) is 12.0 Å². The fourth-order valence-corrected chi connectivity index (χ4v) is 2.54. The van der Waals surface area contributed by atoms with Gasteiger partial charge in [0.15, 0.2) is 5.78 Å². The van der Waals surface area contributed by atoms with E-state index >= 15 is 0 Å². The molecule has 0 saturated heterocycles. The third-order valence-corrected chi connectivity index (χ3v) is 3.62. The SMILES string of the molecule is CCc1cccc2c1C(=O)C=C(S(=O)(=O)[O-])C2=O.[NH4+]. The van der Waals surface area contributed by atoms with Crippen molar-refractivity contribution >= 4 is 21.7 Å². The molecule has 19 heavy (non-hydrogen) atoms. The average Bonchev–Trinajstić information content (AvgIpc) is 2.31. The number of ketones is 2. The van der Waals surface area contributed by atoms with Crippen LogP contribution in [0.25, 0.3) is 0 Å². The summed E-state index contributed by atoms with van der Waals surface area (Å²) in [5.74, 6) is -1.52.